The molecular formula is C24H25FN4O3. The molecule has 3 atom stereocenters. The Hall–Kier alpha value is -3.55. The van der Waals surface area contributed by atoms with E-state index in [1.54, 1.807) is 24.4 Å². The summed E-state index contributed by atoms with van der Waals surface area (Å²) in [6.45, 7) is 1.95. The van der Waals surface area contributed by atoms with Gasteiger partial charge in [0.25, 0.3) is 0 Å². The molecule has 3 aromatic rings. The minimum absolute atomic E-state index is 0.0708. The molecule has 166 valence electrons. The van der Waals surface area contributed by atoms with Gasteiger partial charge in [-0.05, 0) is 54.9 Å². The topological polar surface area (TPSA) is 97.0 Å². The Morgan fingerprint density at radius 1 is 1.16 bits per heavy atom. The van der Waals surface area contributed by atoms with Crippen LogP contribution in [0, 0.1) is 17.7 Å². The molecule has 7 nitrogen and oxygen atoms in total. The standard InChI is InChI=1S/C24H25FN4O3/c1-15(16-3-2-4-17(11-16)18-5-9-22(30)27-12-18)24(31)29-21-8-7-20(14-26-21)32-23-10-6-19(25)13-28-23/h5-10,12-17H,2-4,11H2,1H3,(H,27,30)(H,26,29,31)/t15?,16-,17+/m0/s1. The molecular weight excluding hydrogens is 411 g/mol. The number of rotatable bonds is 6. The van der Waals surface area contributed by atoms with E-state index in [0.29, 0.717) is 17.5 Å². The van der Waals surface area contributed by atoms with Crippen molar-refractivity contribution in [3.63, 3.8) is 0 Å². The first-order valence-electron chi connectivity index (χ1n) is 10.7. The molecule has 3 aromatic heterocycles. The van der Waals surface area contributed by atoms with Crippen molar-refractivity contribution in [1.82, 2.24) is 15.0 Å². The molecule has 8 heteroatoms. The van der Waals surface area contributed by atoms with Crippen LogP contribution in [-0.2, 0) is 4.79 Å². The van der Waals surface area contributed by atoms with Crippen molar-refractivity contribution in [2.75, 3.05) is 5.32 Å². The Kier molecular flexibility index (Phi) is 6.58. The Morgan fingerprint density at radius 2 is 2.03 bits per heavy atom. The zero-order valence-electron chi connectivity index (χ0n) is 17.8. The summed E-state index contributed by atoms with van der Waals surface area (Å²) >= 11 is 0. The summed E-state index contributed by atoms with van der Waals surface area (Å²) in [6.07, 6.45) is 8.36. The monoisotopic (exact) mass is 436 g/mol. The first-order valence-corrected chi connectivity index (χ1v) is 10.7. The number of hydrogen-bond donors (Lipinski definition) is 2. The number of carbonyl (C=O) groups is 1. The number of anilines is 1. The predicted octanol–water partition coefficient (Wildman–Crippen LogP) is 4.64. The van der Waals surface area contributed by atoms with Gasteiger partial charge in [0.2, 0.25) is 17.3 Å². The van der Waals surface area contributed by atoms with Crippen molar-refractivity contribution in [1.29, 1.82) is 0 Å². The largest absolute Gasteiger partial charge is 0.437 e. The minimum atomic E-state index is -0.439. The molecule has 0 aliphatic heterocycles. The Labute approximate surface area is 185 Å². The molecule has 1 aliphatic carbocycles. The van der Waals surface area contributed by atoms with Gasteiger partial charge in [-0.25, -0.2) is 14.4 Å². The molecule has 0 spiro atoms. The SMILES string of the molecule is CC(C(=O)Nc1ccc(Oc2ccc(F)cn2)cn1)[C@H]1CCC[C@@H](c2ccc(=O)[nH]c2)C1. The number of ether oxygens (including phenoxy) is 1. The van der Waals surface area contributed by atoms with Crippen molar-refractivity contribution in [2.24, 2.45) is 11.8 Å². The number of H-pyrrole nitrogens is 1. The second-order valence-electron chi connectivity index (χ2n) is 8.18. The lowest BCUT2D eigenvalue weighted by Crippen LogP contribution is -2.30. The highest BCUT2D eigenvalue weighted by atomic mass is 19.1. The smallest absolute Gasteiger partial charge is 0.247 e. The first kappa shape index (κ1) is 21.7. The van der Waals surface area contributed by atoms with E-state index >= 15 is 0 Å². The first-order chi connectivity index (χ1) is 15.5. The molecule has 1 saturated carbocycles. The molecule has 0 bridgehead atoms. The molecule has 32 heavy (non-hydrogen) atoms. The molecule has 0 aromatic carbocycles. The van der Waals surface area contributed by atoms with Crippen LogP contribution in [0.1, 0.15) is 44.1 Å². The molecule has 0 radical (unpaired) electrons. The summed E-state index contributed by atoms with van der Waals surface area (Å²) in [5.74, 6) is 1.06. The molecule has 1 amide bonds. The summed E-state index contributed by atoms with van der Waals surface area (Å²) in [7, 11) is 0. The lowest BCUT2D eigenvalue weighted by Gasteiger charge is -2.32. The van der Waals surface area contributed by atoms with Gasteiger partial charge in [-0.1, -0.05) is 19.4 Å². The highest BCUT2D eigenvalue weighted by molar-refractivity contribution is 5.91. The van der Waals surface area contributed by atoms with Gasteiger partial charge >= 0.3 is 0 Å². The van der Waals surface area contributed by atoms with Gasteiger partial charge in [-0.2, -0.15) is 0 Å². The Balaban J connectivity index is 1.34. The van der Waals surface area contributed by atoms with Gasteiger partial charge in [0.1, 0.15) is 17.4 Å². The summed E-state index contributed by atoms with van der Waals surface area (Å²) in [6, 6.07) is 9.46. The fraction of sp³-hybridized carbons (Fsp3) is 0.333. The van der Waals surface area contributed by atoms with E-state index < -0.39 is 5.82 Å². The molecule has 1 fully saturated rings. The van der Waals surface area contributed by atoms with E-state index in [4.69, 9.17) is 4.74 Å². The number of nitrogens with zero attached hydrogens (tertiary/aromatic N) is 2. The summed E-state index contributed by atoms with van der Waals surface area (Å²) < 4.78 is 18.5. The Bertz CT molecular complexity index is 1090. The van der Waals surface area contributed by atoms with Crippen LogP contribution in [0.2, 0.25) is 0 Å². The zero-order valence-corrected chi connectivity index (χ0v) is 17.8. The summed E-state index contributed by atoms with van der Waals surface area (Å²) in [5.41, 5.74) is 1.02. The fourth-order valence-corrected chi connectivity index (χ4v) is 4.17. The quantitative estimate of drug-likeness (QED) is 0.587. The maximum Gasteiger partial charge on any atom is 0.247 e. The van der Waals surface area contributed by atoms with E-state index in [-0.39, 0.29) is 29.2 Å². The highest BCUT2D eigenvalue weighted by Crippen LogP contribution is 2.39. The van der Waals surface area contributed by atoms with Gasteiger partial charge < -0.3 is 15.0 Å². The van der Waals surface area contributed by atoms with Gasteiger partial charge in [-0.3, -0.25) is 9.59 Å². The van der Waals surface area contributed by atoms with Crippen LogP contribution in [0.25, 0.3) is 0 Å². The van der Waals surface area contributed by atoms with E-state index in [9.17, 15) is 14.0 Å². The van der Waals surface area contributed by atoms with Crippen LogP contribution in [0.3, 0.4) is 0 Å². The number of aromatic amines is 1. The average Bonchev–Trinajstić information content (AvgIpc) is 2.82. The van der Waals surface area contributed by atoms with Gasteiger partial charge in [0.05, 0.1) is 12.4 Å². The maximum absolute atomic E-state index is 12.9. The second kappa shape index (κ2) is 9.72. The van der Waals surface area contributed by atoms with Crippen molar-refractivity contribution in [3.8, 4) is 11.6 Å². The van der Waals surface area contributed by atoms with Crippen molar-refractivity contribution in [3.05, 3.63) is 76.7 Å². The van der Waals surface area contributed by atoms with Gasteiger partial charge in [0, 0.05) is 24.2 Å². The van der Waals surface area contributed by atoms with Crippen molar-refractivity contribution in [2.45, 2.75) is 38.5 Å². The van der Waals surface area contributed by atoms with E-state index in [0.717, 1.165) is 37.4 Å². The van der Waals surface area contributed by atoms with Crippen LogP contribution >= 0.6 is 0 Å². The molecule has 2 N–H and O–H groups in total. The number of aromatic nitrogens is 3. The lowest BCUT2D eigenvalue weighted by molar-refractivity contribution is -0.121. The molecule has 1 unspecified atom stereocenters. The normalized spacial score (nSPS) is 19.2. The van der Waals surface area contributed by atoms with Crippen LogP contribution in [-0.4, -0.2) is 20.9 Å². The third-order valence-electron chi connectivity index (χ3n) is 6.03. The minimum Gasteiger partial charge on any atom is -0.437 e. The third-order valence-corrected chi connectivity index (χ3v) is 6.03. The third kappa shape index (κ3) is 5.38. The van der Waals surface area contributed by atoms with E-state index in [1.807, 2.05) is 13.0 Å². The molecule has 0 saturated heterocycles. The lowest BCUT2D eigenvalue weighted by atomic mass is 9.73. The van der Waals surface area contributed by atoms with Crippen LogP contribution < -0.4 is 15.6 Å². The van der Waals surface area contributed by atoms with E-state index in [2.05, 4.69) is 20.3 Å². The molecule has 4 rings (SSSR count). The second-order valence-corrected chi connectivity index (χ2v) is 8.18. The summed E-state index contributed by atoms with van der Waals surface area (Å²) in [5, 5.41) is 2.88. The average molecular weight is 436 g/mol. The number of amides is 1. The van der Waals surface area contributed by atoms with Gasteiger partial charge in [0.15, 0.2) is 0 Å². The molecule has 3 heterocycles. The molecule has 1 aliphatic rings. The highest BCUT2D eigenvalue weighted by Gasteiger charge is 2.30. The number of nitrogens with one attached hydrogen (secondary N) is 2. The summed E-state index contributed by atoms with van der Waals surface area (Å²) in [4.78, 5) is 35.0. The number of hydrogen-bond acceptors (Lipinski definition) is 5. The van der Waals surface area contributed by atoms with Crippen LogP contribution in [0.15, 0.2) is 59.8 Å². The van der Waals surface area contributed by atoms with Crippen molar-refractivity contribution >= 4 is 11.7 Å². The fourth-order valence-electron chi connectivity index (χ4n) is 4.17. The van der Waals surface area contributed by atoms with Crippen LogP contribution in [0.5, 0.6) is 11.6 Å². The number of halogens is 1. The Morgan fingerprint density at radius 3 is 2.72 bits per heavy atom. The predicted molar refractivity (Wildman–Crippen MR) is 118 cm³/mol. The van der Waals surface area contributed by atoms with Crippen LogP contribution in [0.4, 0.5) is 10.2 Å². The van der Waals surface area contributed by atoms with Gasteiger partial charge in [-0.15, -0.1) is 0 Å². The zero-order chi connectivity index (χ0) is 22.5. The number of carbonyl (C=O) groups excluding carboxylic acids is 1. The van der Waals surface area contributed by atoms with E-state index in [1.165, 1.54) is 18.3 Å². The van der Waals surface area contributed by atoms with Crippen molar-refractivity contribution < 1.29 is 13.9 Å². The number of pyridine rings is 3. The maximum atomic E-state index is 12.9.